The Morgan fingerprint density at radius 2 is 2.00 bits per heavy atom. The van der Waals surface area contributed by atoms with Crippen LogP contribution in [-0.2, 0) is 4.79 Å². The zero-order valence-electron chi connectivity index (χ0n) is 14.9. The maximum absolute atomic E-state index is 10.4. The van der Waals surface area contributed by atoms with Crippen molar-refractivity contribution < 1.29 is 20.1 Å². The highest BCUT2D eigenvalue weighted by molar-refractivity contribution is 7.12. The Morgan fingerprint density at radius 1 is 1.20 bits per heavy atom. The molecule has 140 valence electrons. The van der Waals surface area contributed by atoms with Crippen LogP contribution < -0.4 is 0 Å². The number of aliphatic hydroxyl groups is 2. The van der Waals surface area contributed by atoms with Gasteiger partial charge in [-0.25, -0.2) is 0 Å². The van der Waals surface area contributed by atoms with Gasteiger partial charge in [-0.2, -0.15) is 0 Å². The van der Waals surface area contributed by atoms with Crippen LogP contribution >= 0.6 is 11.3 Å². The Labute approximate surface area is 154 Å². The van der Waals surface area contributed by atoms with Gasteiger partial charge in [0.05, 0.1) is 12.2 Å². The minimum atomic E-state index is -0.840. The molecule has 0 aliphatic heterocycles. The molecule has 0 bridgehead atoms. The van der Waals surface area contributed by atoms with E-state index in [0.29, 0.717) is 19.3 Å². The molecule has 0 saturated carbocycles. The van der Waals surface area contributed by atoms with E-state index in [1.54, 1.807) is 6.08 Å². The highest BCUT2D eigenvalue weighted by Gasteiger charge is 2.08. The van der Waals surface area contributed by atoms with Crippen molar-refractivity contribution in [3.8, 4) is 0 Å². The van der Waals surface area contributed by atoms with Crippen molar-refractivity contribution in [3.63, 3.8) is 0 Å². The average molecular weight is 367 g/mol. The lowest BCUT2D eigenvalue weighted by Gasteiger charge is -2.04. The van der Waals surface area contributed by atoms with Crippen LogP contribution in [0.4, 0.5) is 0 Å². The SMILES string of the molecule is CCCCC/C=C\CC(O)c1ccc(/C=C\C(O)CCCC(=O)O)s1. The summed E-state index contributed by atoms with van der Waals surface area (Å²) in [5, 5.41) is 28.6. The van der Waals surface area contributed by atoms with Gasteiger partial charge in [0.2, 0.25) is 0 Å². The summed E-state index contributed by atoms with van der Waals surface area (Å²) in [5.74, 6) is -0.840. The molecule has 0 aromatic carbocycles. The molecule has 0 aliphatic rings. The van der Waals surface area contributed by atoms with Crippen LogP contribution in [0.1, 0.15) is 74.1 Å². The molecule has 2 unspecified atom stereocenters. The first-order valence-electron chi connectivity index (χ1n) is 9.03. The average Bonchev–Trinajstić information content (AvgIpc) is 3.05. The second kappa shape index (κ2) is 12.9. The van der Waals surface area contributed by atoms with Gasteiger partial charge in [0.15, 0.2) is 0 Å². The maximum atomic E-state index is 10.4. The summed E-state index contributed by atoms with van der Waals surface area (Å²) in [6.45, 7) is 2.19. The molecule has 0 aliphatic carbocycles. The van der Waals surface area contributed by atoms with Crippen LogP contribution in [0.3, 0.4) is 0 Å². The van der Waals surface area contributed by atoms with Gasteiger partial charge in [0.1, 0.15) is 0 Å². The second-order valence-corrected chi connectivity index (χ2v) is 7.32. The summed E-state index contributed by atoms with van der Waals surface area (Å²) in [7, 11) is 0. The zero-order chi connectivity index (χ0) is 18.5. The Bertz CT molecular complexity index is 548. The number of carboxylic acid groups (broad SMARTS) is 1. The van der Waals surface area contributed by atoms with Crippen molar-refractivity contribution in [3.05, 3.63) is 40.1 Å². The molecule has 1 aromatic rings. The number of rotatable bonds is 13. The topological polar surface area (TPSA) is 77.8 Å². The minimum absolute atomic E-state index is 0.0756. The number of carboxylic acids is 1. The van der Waals surface area contributed by atoms with Crippen molar-refractivity contribution in [2.45, 2.75) is 70.5 Å². The van der Waals surface area contributed by atoms with Crippen LogP contribution in [0.25, 0.3) is 6.08 Å². The van der Waals surface area contributed by atoms with Crippen molar-refractivity contribution in [1.29, 1.82) is 0 Å². The molecule has 0 saturated heterocycles. The molecule has 1 rings (SSSR count). The van der Waals surface area contributed by atoms with Gasteiger partial charge >= 0.3 is 5.97 Å². The van der Waals surface area contributed by atoms with Crippen molar-refractivity contribution in [1.82, 2.24) is 0 Å². The Hall–Kier alpha value is -1.43. The quantitative estimate of drug-likeness (QED) is 0.341. The molecule has 5 heteroatoms. The lowest BCUT2D eigenvalue weighted by molar-refractivity contribution is -0.137. The summed E-state index contributed by atoms with van der Waals surface area (Å²) in [4.78, 5) is 12.3. The number of unbranched alkanes of at least 4 members (excludes halogenated alkanes) is 3. The smallest absolute Gasteiger partial charge is 0.303 e. The number of allylic oxidation sites excluding steroid dienone is 1. The maximum Gasteiger partial charge on any atom is 0.303 e. The molecule has 1 aromatic heterocycles. The first kappa shape index (κ1) is 21.6. The van der Waals surface area contributed by atoms with Crippen LogP contribution in [0.2, 0.25) is 0 Å². The van der Waals surface area contributed by atoms with Crippen LogP contribution in [0.5, 0.6) is 0 Å². The molecule has 2 atom stereocenters. The number of hydrogen-bond acceptors (Lipinski definition) is 4. The van der Waals surface area contributed by atoms with Crippen molar-refractivity contribution in [2.24, 2.45) is 0 Å². The standard InChI is InChI=1S/C20H30O4S/c1-2-3-4-5-6-7-10-18(22)19-15-14-17(25-19)13-12-16(21)9-8-11-20(23)24/h6-7,12-16,18,21-22H,2-5,8-11H2,1H3,(H,23,24)/b7-6-,13-12-. The summed E-state index contributed by atoms with van der Waals surface area (Å²) >= 11 is 1.51. The van der Waals surface area contributed by atoms with Crippen molar-refractivity contribution >= 4 is 23.4 Å². The molecule has 1 heterocycles. The first-order chi connectivity index (χ1) is 12.0. The minimum Gasteiger partial charge on any atom is -0.481 e. The van der Waals surface area contributed by atoms with Gasteiger partial charge in [0.25, 0.3) is 0 Å². The van der Waals surface area contributed by atoms with Gasteiger partial charge in [-0.1, -0.05) is 38.0 Å². The van der Waals surface area contributed by atoms with Gasteiger partial charge in [-0.15, -0.1) is 11.3 Å². The van der Waals surface area contributed by atoms with Crippen molar-refractivity contribution in [2.75, 3.05) is 0 Å². The number of thiophene rings is 1. The molecule has 0 fully saturated rings. The van der Waals surface area contributed by atoms with Gasteiger partial charge < -0.3 is 15.3 Å². The highest BCUT2D eigenvalue weighted by atomic mass is 32.1. The largest absolute Gasteiger partial charge is 0.481 e. The Kier molecular flexibility index (Phi) is 11.1. The van der Waals surface area contributed by atoms with E-state index in [-0.39, 0.29) is 6.42 Å². The Balaban J connectivity index is 2.36. The fourth-order valence-corrected chi connectivity index (χ4v) is 3.30. The van der Waals surface area contributed by atoms with E-state index in [1.165, 1.54) is 30.6 Å². The van der Waals surface area contributed by atoms with E-state index >= 15 is 0 Å². The second-order valence-electron chi connectivity index (χ2n) is 6.17. The normalized spacial score (nSPS) is 14.4. The van der Waals surface area contributed by atoms with Crippen LogP contribution in [0.15, 0.2) is 30.4 Å². The zero-order valence-corrected chi connectivity index (χ0v) is 15.8. The highest BCUT2D eigenvalue weighted by Crippen LogP contribution is 2.27. The number of carbonyl (C=O) groups is 1. The molecule has 25 heavy (non-hydrogen) atoms. The van der Waals surface area contributed by atoms with E-state index in [4.69, 9.17) is 5.11 Å². The third kappa shape index (κ3) is 10.2. The van der Waals surface area contributed by atoms with E-state index < -0.39 is 18.2 Å². The molecule has 4 nitrogen and oxygen atoms in total. The molecule has 3 N–H and O–H groups in total. The molecular weight excluding hydrogens is 336 g/mol. The first-order valence-corrected chi connectivity index (χ1v) is 9.85. The number of hydrogen-bond donors (Lipinski definition) is 3. The number of aliphatic carboxylic acids is 1. The summed E-state index contributed by atoms with van der Waals surface area (Å²) in [5.41, 5.74) is 0. The summed E-state index contributed by atoms with van der Waals surface area (Å²) in [6.07, 6.45) is 12.9. The van der Waals surface area contributed by atoms with E-state index in [0.717, 1.165) is 16.2 Å². The lowest BCUT2D eigenvalue weighted by atomic mass is 10.1. The monoisotopic (exact) mass is 366 g/mol. The van der Waals surface area contributed by atoms with E-state index in [2.05, 4.69) is 13.0 Å². The Morgan fingerprint density at radius 3 is 2.72 bits per heavy atom. The fraction of sp³-hybridized carbons (Fsp3) is 0.550. The van der Waals surface area contributed by atoms with Gasteiger partial charge in [-0.3, -0.25) is 4.79 Å². The predicted octanol–water partition coefficient (Wildman–Crippen LogP) is 4.94. The van der Waals surface area contributed by atoms with Crippen LogP contribution in [0, 0.1) is 0 Å². The molecular formula is C20H30O4S. The third-order valence-electron chi connectivity index (χ3n) is 3.85. The third-order valence-corrected chi connectivity index (χ3v) is 5.00. The van der Waals surface area contributed by atoms with Gasteiger partial charge in [-0.05, 0) is 50.3 Å². The predicted molar refractivity (Wildman–Crippen MR) is 104 cm³/mol. The molecule has 0 radical (unpaired) electrons. The van der Waals surface area contributed by atoms with E-state index in [9.17, 15) is 15.0 Å². The van der Waals surface area contributed by atoms with E-state index in [1.807, 2.05) is 24.3 Å². The lowest BCUT2D eigenvalue weighted by Crippen LogP contribution is -2.03. The summed E-state index contributed by atoms with van der Waals surface area (Å²) < 4.78 is 0. The van der Waals surface area contributed by atoms with Gasteiger partial charge in [0, 0.05) is 16.2 Å². The summed E-state index contributed by atoms with van der Waals surface area (Å²) in [6, 6.07) is 3.84. The number of aliphatic hydroxyl groups excluding tert-OH is 2. The van der Waals surface area contributed by atoms with Crippen LogP contribution in [-0.4, -0.2) is 27.4 Å². The molecule has 0 spiro atoms. The molecule has 0 amide bonds. The fourth-order valence-electron chi connectivity index (χ4n) is 2.37.